The molecule has 0 aliphatic carbocycles. The number of rotatable bonds is 5. The molecule has 0 radical (unpaired) electrons. The maximum atomic E-state index is 11.6. The minimum atomic E-state index is -1.22. The van der Waals surface area contributed by atoms with E-state index in [0.29, 0.717) is 0 Å². The van der Waals surface area contributed by atoms with E-state index in [4.69, 9.17) is 16.7 Å². The Balaban J connectivity index is 4.05. The molecule has 0 unspecified atom stereocenters. The van der Waals surface area contributed by atoms with E-state index < -0.39 is 12.6 Å². The summed E-state index contributed by atoms with van der Waals surface area (Å²) in [6, 6.07) is 0. The van der Waals surface area contributed by atoms with Crippen molar-refractivity contribution in [2.24, 2.45) is 11.6 Å². The molecule has 0 fully saturated rings. The van der Waals surface area contributed by atoms with Crippen LogP contribution in [0.4, 0.5) is 4.39 Å². The number of nitrogens with zero attached hydrogens (tertiary/aromatic N) is 1. The Morgan fingerprint density at radius 2 is 2.25 bits per heavy atom. The lowest BCUT2D eigenvalue weighted by atomic mass is 10.4. The molecule has 0 aliphatic heterocycles. The highest BCUT2D eigenvalue weighted by Crippen LogP contribution is 1.97. The van der Waals surface area contributed by atoms with Crippen molar-refractivity contribution in [2.75, 3.05) is 13.2 Å². The van der Waals surface area contributed by atoms with Gasteiger partial charge in [0.05, 0.1) is 6.67 Å². The van der Waals surface area contributed by atoms with Gasteiger partial charge in [-0.25, -0.2) is 10.6 Å². The minimum absolute atomic E-state index is 0.131. The molecule has 12 heavy (non-hydrogen) atoms. The maximum absolute atomic E-state index is 11.6. The van der Waals surface area contributed by atoms with E-state index in [-0.39, 0.29) is 18.7 Å². The summed E-state index contributed by atoms with van der Waals surface area (Å²) >= 11 is 0. The van der Waals surface area contributed by atoms with E-state index in [1.54, 1.807) is 0 Å². The van der Waals surface area contributed by atoms with Gasteiger partial charge in [-0.3, -0.25) is 4.39 Å². The van der Waals surface area contributed by atoms with Crippen molar-refractivity contribution in [1.29, 1.82) is 0 Å². The summed E-state index contributed by atoms with van der Waals surface area (Å²) in [7, 11) is 0. The third-order valence-corrected chi connectivity index (χ3v) is 1.22. The fraction of sp³-hybridized carbons (Fsp3) is 0.500. The van der Waals surface area contributed by atoms with Gasteiger partial charge in [0, 0.05) is 12.7 Å². The average Bonchev–Trinajstić information content (AvgIpc) is 2.01. The number of hydrogen-bond donors (Lipinski definition) is 3. The summed E-state index contributed by atoms with van der Waals surface area (Å²) < 4.78 is 11.6. The van der Waals surface area contributed by atoms with Crippen LogP contribution in [0.2, 0.25) is 0 Å². The molecule has 0 aromatic heterocycles. The van der Waals surface area contributed by atoms with Crippen LogP contribution >= 0.6 is 0 Å². The summed E-state index contributed by atoms with van der Waals surface area (Å²) in [5.41, 5.74) is 4.76. The van der Waals surface area contributed by atoms with Crippen molar-refractivity contribution in [3.63, 3.8) is 0 Å². The molecule has 0 spiro atoms. The maximum Gasteiger partial charge on any atom is 0.355 e. The van der Waals surface area contributed by atoms with E-state index >= 15 is 0 Å². The average molecular weight is 177 g/mol. The van der Waals surface area contributed by atoms with E-state index in [1.807, 2.05) is 0 Å². The number of nitrogens with two attached hydrogens (primary N) is 2. The molecule has 0 rings (SSSR count). The highest BCUT2D eigenvalue weighted by atomic mass is 19.1. The second kappa shape index (κ2) is 5.36. The van der Waals surface area contributed by atoms with Crippen LogP contribution in [0.5, 0.6) is 0 Å². The van der Waals surface area contributed by atoms with Gasteiger partial charge in [0.1, 0.15) is 0 Å². The standard InChI is InChI=1S/C6H12FN3O2/c7-2-1-3-10(9)5(4-8)6(11)12/h4H,1-3,8-9H2,(H,11,12)/b5-4-. The minimum Gasteiger partial charge on any atom is -0.476 e. The predicted molar refractivity (Wildman–Crippen MR) is 41.4 cm³/mol. The molecule has 0 aromatic carbocycles. The van der Waals surface area contributed by atoms with Gasteiger partial charge in [-0.05, 0) is 6.42 Å². The molecule has 0 saturated carbocycles. The largest absolute Gasteiger partial charge is 0.476 e. The SMILES string of the molecule is N/C=C(/C(=O)O)N(N)CCCF. The molecule has 0 bridgehead atoms. The highest BCUT2D eigenvalue weighted by Gasteiger charge is 2.11. The topological polar surface area (TPSA) is 92.6 Å². The second-order valence-electron chi connectivity index (χ2n) is 2.09. The fourth-order valence-corrected chi connectivity index (χ4v) is 0.640. The summed E-state index contributed by atoms with van der Waals surface area (Å²) in [4.78, 5) is 10.4. The normalized spacial score (nSPS) is 11.3. The third kappa shape index (κ3) is 3.20. The van der Waals surface area contributed by atoms with Gasteiger partial charge in [0.25, 0.3) is 0 Å². The lowest BCUT2D eigenvalue weighted by Gasteiger charge is -2.17. The van der Waals surface area contributed by atoms with Crippen molar-refractivity contribution in [2.45, 2.75) is 6.42 Å². The Morgan fingerprint density at radius 3 is 2.58 bits per heavy atom. The van der Waals surface area contributed by atoms with E-state index in [9.17, 15) is 9.18 Å². The first-order valence-electron chi connectivity index (χ1n) is 3.37. The second-order valence-corrected chi connectivity index (χ2v) is 2.09. The van der Waals surface area contributed by atoms with Gasteiger partial charge in [-0.1, -0.05) is 0 Å². The quantitative estimate of drug-likeness (QED) is 0.296. The van der Waals surface area contributed by atoms with Crippen LogP contribution in [0.25, 0.3) is 0 Å². The van der Waals surface area contributed by atoms with Crippen molar-refractivity contribution in [3.05, 3.63) is 11.9 Å². The number of alkyl halides is 1. The molecule has 5 nitrogen and oxygen atoms in total. The number of hydrogen-bond acceptors (Lipinski definition) is 4. The summed E-state index contributed by atoms with van der Waals surface area (Å²) in [6.45, 7) is -0.406. The molecule has 6 heteroatoms. The molecular weight excluding hydrogens is 165 g/mol. The lowest BCUT2D eigenvalue weighted by Crippen LogP contribution is -2.35. The molecule has 70 valence electrons. The van der Waals surface area contributed by atoms with Crippen molar-refractivity contribution < 1.29 is 14.3 Å². The zero-order chi connectivity index (χ0) is 9.56. The number of hydrazine groups is 1. The Hall–Kier alpha value is -1.30. The van der Waals surface area contributed by atoms with Gasteiger partial charge < -0.3 is 15.8 Å². The smallest absolute Gasteiger partial charge is 0.355 e. The number of carboxylic acid groups (broad SMARTS) is 1. The fourth-order valence-electron chi connectivity index (χ4n) is 0.640. The zero-order valence-electron chi connectivity index (χ0n) is 6.53. The van der Waals surface area contributed by atoms with Crippen LogP contribution in [-0.4, -0.2) is 29.3 Å². The zero-order valence-corrected chi connectivity index (χ0v) is 6.53. The predicted octanol–water partition coefficient (Wildman–Crippen LogP) is -0.594. The van der Waals surface area contributed by atoms with Crippen LogP contribution in [-0.2, 0) is 4.79 Å². The van der Waals surface area contributed by atoms with Gasteiger partial charge in [-0.15, -0.1) is 0 Å². The molecule has 0 heterocycles. The molecule has 0 amide bonds. The molecule has 0 aliphatic rings. The third-order valence-electron chi connectivity index (χ3n) is 1.22. The summed E-state index contributed by atoms with van der Waals surface area (Å²) in [5.74, 6) is 4.03. The van der Waals surface area contributed by atoms with E-state index in [1.165, 1.54) is 0 Å². The van der Waals surface area contributed by atoms with Crippen LogP contribution in [0.15, 0.2) is 11.9 Å². The van der Waals surface area contributed by atoms with Crippen molar-refractivity contribution >= 4 is 5.97 Å². The van der Waals surface area contributed by atoms with Gasteiger partial charge in [0.2, 0.25) is 0 Å². The van der Waals surface area contributed by atoms with E-state index in [2.05, 4.69) is 0 Å². The van der Waals surface area contributed by atoms with Crippen LogP contribution in [0, 0.1) is 0 Å². The number of carbonyl (C=O) groups is 1. The Kier molecular flexibility index (Phi) is 4.78. The Morgan fingerprint density at radius 1 is 1.67 bits per heavy atom. The molecule has 0 atom stereocenters. The van der Waals surface area contributed by atoms with Crippen molar-refractivity contribution in [1.82, 2.24) is 5.01 Å². The molecule has 0 saturated heterocycles. The highest BCUT2D eigenvalue weighted by molar-refractivity contribution is 5.85. The van der Waals surface area contributed by atoms with E-state index in [0.717, 1.165) is 11.2 Å². The van der Waals surface area contributed by atoms with Gasteiger partial charge in [-0.2, -0.15) is 0 Å². The first kappa shape index (κ1) is 10.7. The van der Waals surface area contributed by atoms with Crippen molar-refractivity contribution in [3.8, 4) is 0 Å². The van der Waals surface area contributed by atoms with Gasteiger partial charge in [0.15, 0.2) is 5.70 Å². The van der Waals surface area contributed by atoms with Crippen LogP contribution in [0.3, 0.4) is 0 Å². The first-order valence-corrected chi connectivity index (χ1v) is 3.37. The Labute approximate surface area is 69.4 Å². The summed E-state index contributed by atoms with van der Waals surface area (Å²) in [6.07, 6.45) is 1.06. The van der Waals surface area contributed by atoms with Crippen LogP contribution < -0.4 is 11.6 Å². The molecule has 5 N–H and O–H groups in total. The number of aliphatic carboxylic acids is 1. The first-order chi connectivity index (χ1) is 5.63. The molecule has 0 aromatic rings. The summed E-state index contributed by atoms with van der Waals surface area (Å²) in [5, 5.41) is 9.38. The Bertz CT molecular complexity index is 184. The van der Waals surface area contributed by atoms with Crippen LogP contribution in [0.1, 0.15) is 6.42 Å². The van der Waals surface area contributed by atoms with Gasteiger partial charge >= 0.3 is 5.97 Å². The number of halogens is 1. The number of carboxylic acids is 1. The monoisotopic (exact) mass is 177 g/mol. The molecular formula is C6H12FN3O2. The lowest BCUT2D eigenvalue weighted by molar-refractivity contribution is -0.134.